The average molecular weight is 492 g/mol. The monoisotopic (exact) mass is 491 g/mol. The summed E-state index contributed by atoms with van der Waals surface area (Å²) in [5, 5.41) is 7.41. The maximum atomic E-state index is 6.11. The van der Waals surface area contributed by atoms with Crippen molar-refractivity contribution in [1.29, 1.82) is 0 Å². The molecule has 8 rings (SSSR count). The summed E-state index contributed by atoms with van der Waals surface area (Å²) in [4.78, 5) is 2.33. The molecule has 8 aromatic rings. The number of nitrogens with zero attached hydrogens (tertiary/aromatic N) is 1. The largest absolute Gasteiger partial charge is 0.456 e. The van der Waals surface area contributed by atoms with Crippen molar-refractivity contribution in [1.82, 2.24) is 0 Å². The summed E-state index contributed by atoms with van der Waals surface area (Å²) in [5.41, 5.74) is 5.18. The van der Waals surface area contributed by atoms with Crippen LogP contribution < -0.4 is 4.90 Å². The first kappa shape index (κ1) is 20.6. The van der Waals surface area contributed by atoms with Crippen LogP contribution in [0.15, 0.2) is 132 Å². The quantitative estimate of drug-likeness (QED) is 0.244. The highest BCUT2D eigenvalue weighted by Gasteiger charge is 2.16. The van der Waals surface area contributed by atoms with Gasteiger partial charge in [0.1, 0.15) is 11.2 Å². The van der Waals surface area contributed by atoms with Gasteiger partial charge in [-0.3, -0.25) is 0 Å². The van der Waals surface area contributed by atoms with Gasteiger partial charge in [-0.2, -0.15) is 0 Å². The van der Waals surface area contributed by atoms with Crippen molar-refractivity contribution in [3.05, 3.63) is 127 Å². The Morgan fingerprint density at radius 2 is 1.16 bits per heavy atom. The van der Waals surface area contributed by atoms with E-state index in [0.29, 0.717) is 0 Å². The fourth-order valence-electron chi connectivity index (χ4n) is 5.47. The first-order valence-corrected chi connectivity index (χ1v) is 13.2. The van der Waals surface area contributed by atoms with Gasteiger partial charge in [0.25, 0.3) is 0 Å². The third kappa shape index (κ3) is 3.25. The summed E-state index contributed by atoms with van der Waals surface area (Å²) in [6, 6.07) is 45.5. The normalized spacial score (nSPS) is 11.8. The van der Waals surface area contributed by atoms with Gasteiger partial charge in [-0.15, -0.1) is 11.3 Å². The molecule has 2 nitrogen and oxygen atoms in total. The molecule has 0 unspecified atom stereocenters. The summed E-state index contributed by atoms with van der Waals surface area (Å²) in [6.45, 7) is 0. The molecule has 0 aliphatic heterocycles. The van der Waals surface area contributed by atoms with E-state index in [0.717, 1.165) is 39.0 Å². The molecule has 174 valence electrons. The maximum absolute atomic E-state index is 6.11. The molecule has 0 amide bonds. The van der Waals surface area contributed by atoms with Crippen LogP contribution >= 0.6 is 11.3 Å². The second-order valence-corrected chi connectivity index (χ2v) is 10.5. The van der Waals surface area contributed by atoms with E-state index in [4.69, 9.17) is 4.42 Å². The van der Waals surface area contributed by atoms with Crippen LogP contribution in [-0.4, -0.2) is 0 Å². The van der Waals surface area contributed by atoms with Gasteiger partial charge in [0.15, 0.2) is 0 Å². The van der Waals surface area contributed by atoms with Crippen LogP contribution in [0, 0.1) is 0 Å². The van der Waals surface area contributed by atoms with Crippen molar-refractivity contribution >= 4 is 81.3 Å². The Bertz CT molecular complexity index is 2100. The van der Waals surface area contributed by atoms with E-state index in [1.165, 1.54) is 30.9 Å². The van der Waals surface area contributed by atoms with Gasteiger partial charge < -0.3 is 9.32 Å². The van der Waals surface area contributed by atoms with E-state index < -0.39 is 0 Å². The van der Waals surface area contributed by atoms with Gasteiger partial charge in [0.05, 0.1) is 0 Å². The average Bonchev–Trinajstić information content (AvgIpc) is 3.50. The molecule has 0 bridgehead atoms. The smallest absolute Gasteiger partial charge is 0.135 e. The molecular formula is C34H21NOS. The minimum Gasteiger partial charge on any atom is -0.456 e. The fourth-order valence-corrected chi connectivity index (χ4v) is 6.61. The summed E-state index contributed by atoms with van der Waals surface area (Å²) >= 11 is 1.86. The highest BCUT2D eigenvalue weighted by molar-refractivity contribution is 7.25. The molecule has 2 aromatic heterocycles. The maximum Gasteiger partial charge on any atom is 0.135 e. The first-order valence-electron chi connectivity index (χ1n) is 12.4. The summed E-state index contributed by atoms with van der Waals surface area (Å²) < 4.78 is 8.77. The molecular weight excluding hydrogens is 470 g/mol. The summed E-state index contributed by atoms with van der Waals surface area (Å²) in [6.07, 6.45) is 0. The number of thiophene rings is 1. The van der Waals surface area contributed by atoms with Crippen molar-refractivity contribution in [2.45, 2.75) is 0 Å². The van der Waals surface area contributed by atoms with Crippen molar-refractivity contribution in [3.63, 3.8) is 0 Å². The van der Waals surface area contributed by atoms with Crippen LogP contribution in [0.25, 0.3) is 52.9 Å². The Morgan fingerprint density at radius 3 is 2.08 bits per heavy atom. The molecule has 0 saturated heterocycles. The summed E-state index contributed by atoms with van der Waals surface area (Å²) in [7, 11) is 0. The lowest BCUT2D eigenvalue weighted by molar-refractivity contribution is 0.669. The van der Waals surface area contributed by atoms with Gasteiger partial charge in [-0.05, 0) is 77.5 Å². The van der Waals surface area contributed by atoms with Crippen molar-refractivity contribution in [3.8, 4) is 0 Å². The molecule has 2 heterocycles. The van der Waals surface area contributed by atoms with Crippen molar-refractivity contribution in [2.24, 2.45) is 0 Å². The molecule has 0 fully saturated rings. The number of rotatable bonds is 3. The van der Waals surface area contributed by atoms with Crippen LogP contribution in [0.2, 0.25) is 0 Å². The van der Waals surface area contributed by atoms with Gasteiger partial charge in [0.2, 0.25) is 0 Å². The Hall–Kier alpha value is -4.60. The molecule has 6 aromatic carbocycles. The topological polar surface area (TPSA) is 16.4 Å². The Morgan fingerprint density at radius 1 is 0.432 bits per heavy atom. The minimum absolute atomic E-state index is 0.906. The predicted octanol–water partition coefficient (Wildman–Crippen LogP) is 10.6. The number of benzene rings is 6. The zero-order valence-corrected chi connectivity index (χ0v) is 20.7. The predicted molar refractivity (Wildman–Crippen MR) is 159 cm³/mol. The molecule has 0 N–H and O–H groups in total. The number of furan rings is 1. The molecule has 0 atom stereocenters. The third-order valence-corrected chi connectivity index (χ3v) is 8.34. The fraction of sp³-hybridized carbons (Fsp3) is 0. The van der Waals surface area contributed by atoms with Gasteiger partial charge >= 0.3 is 0 Å². The Balaban J connectivity index is 1.35. The SMILES string of the molecule is c1ccc(N(c2ccc3cc4sc5ccccc5c4cc3c2)c2ccc3oc4ccccc4c3c2)cc1. The third-order valence-electron chi connectivity index (χ3n) is 7.21. The van der Waals surface area contributed by atoms with E-state index in [1.54, 1.807) is 0 Å². The van der Waals surface area contributed by atoms with E-state index in [2.05, 4.69) is 120 Å². The van der Waals surface area contributed by atoms with Crippen LogP contribution in [0.4, 0.5) is 17.1 Å². The number of hydrogen-bond acceptors (Lipinski definition) is 3. The molecule has 0 radical (unpaired) electrons. The van der Waals surface area contributed by atoms with Crippen LogP contribution in [0.5, 0.6) is 0 Å². The van der Waals surface area contributed by atoms with Gasteiger partial charge in [0, 0.05) is 48.0 Å². The molecule has 0 saturated carbocycles. The highest BCUT2D eigenvalue weighted by Crippen LogP contribution is 2.41. The molecule has 37 heavy (non-hydrogen) atoms. The highest BCUT2D eigenvalue weighted by atomic mass is 32.1. The van der Waals surface area contributed by atoms with Crippen LogP contribution in [-0.2, 0) is 0 Å². The number of fused-ring (bicyclic) bond motifs is 7. The van der Waals surface area contributed by atoms with Gasteiger partial charge in [-0.25, -0.2) is 0 Å². The van der Waals surface area contributed by atoms with Gasteiger partial charge in [-0.1, -0.05) is 60.7 Å². The van der Waals surface area contributed by atoms with Crippen LogP contribution in [0.3, 0.4) is 0 Å². The number of anilines is 3. The Kier molecular flexibility index (Phi) is 4.42. The molecule has 0 aliphatic rings. The van der Waals surface area contributed by atoms with Crippen LogP contribution in [0.1, 0.15) is 0 Å². The lowest BCUT2D eigenvalue weighted by Crippen LogP contribution is -2.09. The second-order valence-electron chi connectivity index (χ2n) is 9.43. The lowest BCUT2D eigenvalue weighted by atomic mass is 10.0. The lowest BCUT2D eigenvalue weighted by Gasteiger charge is -2.26. The number of para-hydroxylation sites is 2. The molecule has 0 spiro atoms. The number of hydrogen-bond donors (Lipinski definition) is 0. The molecule has 0 aliphatic carbocycles. The Labute approximate surface area is 217 Å². The zero-order chi connectivity index (χ0) is 24.3. The van der Waals surface area contributed by atoms with Crippen molar-refractivity contribution < 1.29 is 4.42 Å². The van der Waals surface area contributed by atoms with E-state index in [-0.39, 0.29) is 0 Å². The summed E-state index contributed by atoms with van der Waals surface area (Å²) in [5.74, 6) is 0. The van der Waals surface area contributed by atoms with E-state index >= 15 is 0 Å². The standard InChI is InChI=1S/C34H21NOS/c1-2-8-24(9-3-1)35(26-16-17-32-29(21-26)27-10-4-6-12-31(27)36-32)25-15-14-22-20-34-30(19-23(22)18-25)28-11-5-7-13-33(28)37-34/h1-21H. The van der Waals surface area contributed by atoms with Crippen molar-refractivity contribution in [2.75, 3.05) is 4.90 Å². The van der Waals surface area contributed by atoms with E-state index in [9.17, 15) is 0 Å². The second kappa shape index (κ2) is 7.95. The minimum atomic E-state index is 0.906. The molecule has 3 heteroatoms. The zero-order valence-electron chi connectivity index (χ0n) is 19.9. The first-order chi connectivity index (χ1) is 18.3. The van der Waals surface area contributed by atoms with E-state index in [1.807, 2.05) is 23.5 Å².